The van der Waals surface area contributed by atoms with Crippen LogP contribution in [0.4, 0.5) is 0 Å². The van der Waals surface area contributed by atoms with Gasteiger partial charge in [-0.15, -0.1) is 0 Å². The van der Waals surface area contributed by atoms with Gasteiger partial charge in [0.25, 0.3) is 0 Å². The van der Waals surface area contributed by atoms with Gasteiger partial charge in [-0.05, 0) is 60.4 Å². The van der Waals surface area contributed by atoms with Gasteiger partial charge in [-0.2, -0.15) is 0 Å². The van der Waals surface area contributed by atoms with Crippen LogP contribution in [0.1, 0.15) is 11.1 Å². The van der Waals surface area contributed by atoms with E-state index in [9.17, 15) is 0 Å². The normalized spacial score (nSPS) is 15.8. The molecule has 4 aromatic rings. The number of allylic oxidation sites excluding steroid dienone is 2. The summed E-state index contributed by atoms with van der Waals surface area (Å²) in [5.41, 5.74) is 2.42. The lowest BCUT2D eigenvalue weighted by atomic mass is 9.97. The highest BCUT2D eigenvalue weighted by Gasteiger charge is 2.15. The van der Waals surface area contributed by atoms with Gasteiger partial charge in [-0.1, -0.05) is 138 Å². The van der Waals surface area contributed by atoms with E-state index in [0.717, 1.165) is 0 Å². The molecule has 2 aliphatic rings. The molecule has 0 saturated heterocycles. The van der Waals surface area contributed by atoms with Crippen molar-refractivity contribution in [3.63, 3.8) is 0 Å². The Kier molecular flexibility index (Phi) is 6.47. The Bertz CT molecular complexity index is 1620. The van der Waals surface area contributed by atoms with E-state index in [4.69, 9.17) is 0 Å². The second kappa shape index (κ2) is 10.0. The Balaban J connectivity index is 1.57. The lowest BCUT2D eigenvalue weighted by Crippen LogP contribution is -2.16. The molecule has 0 spiro atoms. The summed E-state index contributed by atoms with van der Waals surface area (Å²) >= 11 is 7.31. The SMILES string of the molecule is C1=CSC(=c2c3ccccc3c(=C3SC=CS3)c3cc(/C=C/C=C/c4ccccc4)ccc23)S1. The zero-order valence-corrected chi connectivity index (χ0v) is 21.4. The highest BCUT2D eigenvalue weighted by molar-refractivity contribution is 8.35. The third-order valence-corrected chi connectivity index (χ3v) is 10.0. The largest absolute Gasteiger partial charge is 0.0895 e. The molecular formula is C30H20S4. The zero-order valence-electron chi connectivity index (χ0n) is 18.2. The van der Waals surface area contributed by atoms with E-state index in [2.05, 4.69) is 113 Å². The molecular weight excluding hydrogens is 489 g/mol. The molecule has 0 aliphatic carbocycles. The quantitative estimate of drug-likeness (QED) is 0.200. The van der Waals surface area contributed by atoms with Crippen LogP contribution in [0.15, 0.2) is 107 Å². The Hall–Kier alpha value is -2.50. The van der Waals surface area contributed by atoms with E-state index in [0.29, 0.717) is 0 Å². The van der Waals surface area contributed by atoms with E-state index in [1.807, 2.05) is 53.1 Å². The summed E-state index contributed by atoms with van der Waals surface area (Å²) in [6.07, 6.45) is 8.58. The van der Waals surface area contributed by atoms with Crippen LogP contribution in [0.5, 0.6) is 0 Å². The lowest BCUT2D eigenvalue weighted by Gasteiger charge is -2.11. The molecule has 0 N–H and O–H groups in total. The van der Waals surface area contributed by atoms with Gasteiger partial charge in [-0.25, -0.2) is 0 Å². The van der Waals surface area contributed by atoms with Crippen molar-refractivity contribution in [3.8, 4) is 0 Å². The standard InChI is InChI=1S/C30H20S4/c1-2-8-21(9-3-1)10-4-5-11-22-14-15-25-26(20-22)28(30-33-18-19-34-30)24-13-7-6-12-23(24)27(25)29-31-16-17-32-29/h1-20H/b10-4+,11-5+. The predicted molar refractivity (Wildman–Crippen MR) is 161 cm³/mol. The molecule has 0 nitrogen and oxygen atoms in total. The number of hydrogen-bond donors (Lipinski definition) is 0. The highest BCUT2D eigenvalue weighted by atomic mass is 32.2. The van der Waals surface area contributed by atoms with Crippen molar-refractivity contribution in [1.29, 1.82) is 0 Å². The van der Waals surface area contributed by atoms with Crippen LogP contribution >= 0.6 is 47.0 Å². The van der Waals surface area contributed by atoms with Gasteiger partial charge in [0.2, 0.25) is 0 Å². The van der Waals surface area contributed by atoms with Gasteiger partial charge < -0.3 is 0 Å². The van der Waals surface area contributed by atoms with Crippen LogP contribution in [-0.4, -0.2) is 0 Å². The number of thioether (sulfide) groups is 4. The van der Waals surface area contributed by atoms with Crippen LogP contribution in [0.3, 0.4) is 0 Å². The molecule has 0 aromatic heterocycles. The molecule has 0 bridgehead atoms. The minimum absolute atomic E-state index is 1.21. The topological polar surface area (TPSA) is 0 Å². The smallest absolute Gasteiger partial charge is 0.0571 e. The minimum atomic E-state index is 1.21. The first kappa shape index (κ1) is 22.0. The van der Waals surface area contributed by atoms with Crippen LogP contribution < -0.4 is 10.4 Å². The molecule has 2 aliphatic heterocycles. The molecule has 0 unspecified atom stereocenters. The van der Waals surface area contributed by atoms with E-state index in [-0.39, 0.29) is 0 Å². The summed E-state index contributed by atoms with van der Waals surface area (Å²) < 4.78 is 2.71. The molecule has 0 fully saturated rings. The van der Waals surface area contributed by atoms with Crippen LogP contribution in [0, 0.1) is 0 Å². The average Bonchev–Trinajstić information content (AvgIpc) is 3.61. The van der Waals surface area contributed by atoms with Crippen molar-refractivity contribution in [2.24, 2.45) is 0 Å². The van der Waals surface area contributed by atoms with Crippen LogP contribution in [0.25, 0.3) is 42.2 Å². The van der Waals surface area contributed by atoms with Crippen molar-refractivity contribution in [2.45, 2.75) is 0 Å². The summed E-state index contributed by atoms with van der Waals surface area (Å²) in [5, 5.41) is 16.8. The van der Waals surface area contributed by atoms with Crippen molar-refractivity contribution < 1.29 is 0 Å². The molecule has 6 rings (SSSR count). The first-order valence-corrected chi connectivity index (χ1v) is 14.5. The molecule has 34 heavy (non-hydrogen) atoms. The fourth-order valence-electron chi connectivity index (χ4n) is 4.29. The van der Waals surface area contributed by atoms with Gasteiger partial charge >= 0.3 is 0 Å². The monoisotopic (exact) mass is 508 g/mol. The molecule has 0 saturated carbocycles. The van der Waals surface area contributed by atoms with Crippen molar-refractivity contribution >= 4 is 89.2 Å². The maximum absolute atomic E-state index is 2.36. The van der Waals surface area contributed by atoms with E-state index >= 15 is 0 Å². The lowest BCUT2D eigenvalue weighted by molar-refractivity contribution is 1.66. The van der Waals surface area contributed by atoms with Gasteiger partial charge in [-0.3, -0.25) is 0 Å². The average molecular weight is 509 g/mol. The van der Waals surface area contributed by atoms with Gasteiger partial charge in [0, 0.05) is 10.4 Å². The minimum Gasteiger partial charge on any atom is -0.0895 e. The Labute approximate surface area is 216 Å². The molecule has 164 valence electrons. The van der Waals surface area contributed by atoms with Crippen molar-refractivity contribution in [1.82, 2.24) is 0 Å². The molecule has 0 amide bonds. The fraction of sp³-hybridized carbons (Fsp3) is 0. The fourth-order valence-corrected chi connectivity index (χ4v) is 8.13. The van der Waals surface area contributed by atoms with E-state index in [1.165, 1.54) is 51.6 Å². The summed E-state index contributed by atoms with van der Waals surface area (Å²) in [5.74, 6) is 0. The number of benzene rings is 4. The van der Waals surface area contributed by atoms with Gasteiger partial charge in [0.1, 0.15) is 0 Å². The Morgan fingerprint density at radius 2 is 0.941 bits per heavy atom. The second-order valence-electron chi connectivity index (χ2n) is 7.82. The van der Waals surface area contributed by atoms with Crippen LogP contribution in [-0.2, 0) is 0 Å². The van der Waals surface area contributed by atoms with Gasteiger partial charge in [0.05, 0.1) is 8.47 Å². The third kappa shape index (κ3) is 4.32. The number of fused-ring (bicyclic) bond motifs is 2. The molecule has 2 heterocycles. The first-order valence-electron chi connectivity index (χ1n) is 11.0. The first-order chi connectivity index (χ1) is 16.9. The summed E-state index contributed by atoms with van der Waals surface area (Å²) in [4.78, 5) is 0. The number of hydrogen-bond acceptors (Lipinski definition) is 4. The third-order valence-electron chi connectivity index (χ3n) is 5.76. The Morgan fingerprint density at radius 3 is 1.56 bits per heavy atom. The van der Waals surface area contributed by atoms with E-state index in [1.54, 1.807) is 0 Å². The Morgan fingerprint density at radius 1 is 0.441 bits per heavy atom. The van der Waals surface area contributed by atoms with Crippen molar-refractivity contribution in [2.75, 3.05) is 0 Å². The van der Waals surface area contributed by atoms with Crippen molar-refractivity contribution in [3.05, 3.63) is 128 Å². The molecule has 4 heteroatoms. The molecule has 4 aromatic carbocycles. The second-order valence-corrected chi connectivity index (χ2v) is 12.0. The summed E-state index contributed by atoms with van der Waals surface area (Å²) in [6.45, 7) is 0. The van der Waals surface area contributed by atoms with E-state index < -0.39 is 0 Å². The zero-order chi connectivity index (χ0) is 22.7. The molecule has 0 radical (unpaired) electrons. The maximum atomic E-state index is 2.36. The van der Waals surface area contributed by atoms with Crippen LogP contribution in [0.2, 0.25) is 0 Å². The molecule has 0 atom stereocenters. The number of rotatable bonds is 3. The summed E-state index contributed by atoms with van der Waals surface area (Å²) in [7, 11) is 0. The highest BCUT2D eigenvalue weighted by Crippen LogP contribution is 2.41. The summed E-state index contributed by atoms with van der Waals surface area (Å²) in [6, 6.07) is 26.2. The predicted octanol–water partition coefficient (Wildman–Crippen LogP) is 8.75. The maximum Gasteiger partial charge on any atom is 0.0571 e. The van der Waals surface area contributed by atoms with Gasteiger partial charge in [0.15, 0.2) is 0 Å².